The molecule has 2 bridgehead atoms. The topological polar surface area (TPSA) is 122 Å². The van der Waals surface area contributed by atoms with E-state index in [1.54, 1.807) is 32.2 Å². The SMILES string of the molecule is CC(=O)N(C)C12CC(N3CC4CN(CC5=C(C(=O)O)C(c6cccc(F)c6C)N=C(c6nccs6)N5)CCN4C3=O)(C1)C2. The number of nitrogens with zero attached hydrogens (tertiary/aromatic N) is 6. The molecule has 3 amide bonds. The second-order valence-electron chi connectivity index (χ2n) is 12.5. The predicted octanol–water partition coefficient (Wildman–Crippen LogP) is 2.60. The number of carbonyl (C=O) groups is 3. The maximum absolute atomic E-state index is 14.6. The van der Waals surface area contributed by atoms with Gasteiger partial charge in [-0.05, 0) is 43.4 Å². The number of carbonyl (C=O) groups excluding carboxylic acids is 2. The molecule has 2 atom stereocenters. The monoisotopic (exact) mass is 607 g/mol. The Labute approximate surface area is 252 Å². The Balaban J connectivity index is 1.12. The van der Waals surface area contributed by atoms with E-state index < -0.39 is 17.8 Å². The molecule has 1 aromatic heterocycles. The molecule has 3 aliphatic carbocycles. The summed E-state index contributed by atoms with van der Waals surface area (Å²) in [6.45, 7) is 5.89. The minimum Gasteiger partial charge on any atom is -0.478 e. The van der Waals surface area contributed by atoms with E-state index in [2.05, 4.69) is 15.2 Å². The molecule has 4 heterocycles. The summed E-state index contributed by atoms with van der Waals surface area (Å²) in [6, 6.07) is 3.80. The number of nitrogens with one attached hydrogen (secondary N) is 1. The van der Waals surface area contributed by atoms with Crippen molar-refractivity contribution >= 4 is 35.1 Å². The summed E-state index contributed by atoms with van der Waals surface area (Å²) in [7, 11) is 1.85. The summed E-state index contributed by atoms with van der Waals surface area (Å²) in [5.41, 5.74) is 1.15. The molecule has 226 valence electrons. The number of urea groups is 1. The van der Waals surface area contributed by atoms with Crippen LogP contribution in [-0.2, 0) is 9.59 Å². The third-order valence-electron chi connectivity index (χ3n) is 10.1. The highest BCUT2D eigenvalue weighted by molar-refractivity contribution is 7.11. The van der Waals surface area contributed by atoms with Gasteiger partial charge in [0.25, 0.3) is 0 Å². The van der Waals surface area contributed by atoms with E-state index in [1.165, 1.54) is 17.4 Å². The normalized spacial score (nSPS) is 29.9. The first kappa shape index (κ1) is 28.0. The van der Waals surface area contributed by atoms with Crippen molar-refractivity contribution in [1.29, 1.82) is 0 Å². The van der Waals surface area contributed by atoms with E-state index in [9.17, 15) is 23.9 Å². The van der Waals surface area contributed by atoms with Gasteiger partial charge in [-0.1, -0.05) is 12.1 Å². The fourth-order valence-corrected chi connectivity index (χ4v) is 8.35. The number of amidine groups is 1. The molecule has 0 radical (unpaired) electrons. The Kier molecular flexibility index (Phi) is 6.40. The third-order valence-corrected chi connectivity index (χ3v) is 10.9. The van der Waals surface area contributed by atoms with E-state index in [0.717, 1.165) is 19.3 Å². The minimum absolute atomic E-state index is 0.0115. The molecule has 2 N–H and O–H groups in total. The number of aromatic nitrogens is 1. The molecule has 0 spiro atoms. The van der Waals surface area contributed by atoms with Gasteiger partial charge in [0.2, 0.25) is 5.91 Å². The highest BCUT2D eigenvalue weighted by Crippen LogP contribution is 2.66. The van der Waals surface area contributed by atoms with Crippen LogP contribution in [-0.4, -0.2) is 110 Å². The number of hydrogen-bond acceptors (Lipinski definition) is 8. The lowest BCUT2D eigenvalue weighted by molar-refractivity contribution is -0.209. The number of piperazine rings is 1. The molecule has 5 fully saturated rings. The number of thiazole rings is 1. The van der Waals surface area contributed by atoms with Gasteiger partial charge in [0.05, 0.1) is 17.2 Å². The lowest BCUT2D eigenvalue weighted by Gasteiger charge is -2.75. The van der Waals surface area contributed by atoms with Crippen LogP contribution >= 0.6 is 11.3 Å². The van der Waals surface area contributed by atoms with Gasteiger partial charge in [-0.3, -0.25) is 14.7 Å². The molecule has 2 saturated heterocycles. The highest BCUT2D eigenvalue weighted by Gasteiger charge is 2.74. The molecule has 3 aliphatic heterocycles. The number of amides is 3. The van der Waals surface area contributed by atoms with Crippen LogP contribution in [0.25, 0.3) is 0 Å². The van der Waals surface area contributed by atoms with Crippen molar-refractivity contribution in [2.24, 2.45) is 4.99 Å². The van der Waals surface area contributed by atoms with Crippen LogP contribution in [0.1, 0.15) is 48.4 Å². The zero-order valence-corrected chi connectivity index (χ0v) is 25.2. The average Bonchev–Trinajstić information content (AvgIpc) is 3.57. The Hall–Kier alpha value is -3.84. The van der Waals surface area contributed by atoms with Crippen molar-refractivity contribution in [3.8, 4) is 0 Å². The number of carboxylic acid groups (broad SMARTS) is 1. The Bertz CT molecular complexity index is 1570. The summed E-state index contributed by atoms with van der Waals surface area (Å²) >= 11 is 1.39. The smallest absolute Gasteiger partial charge is 0.335 e. The number of hydrogen-bond donors (Lipinski definition) is 2. The van der Waals surface area contributed by atoms with Crippen molar-refractivity contribution in [2.75, 3.05) is 39.8 Å². The highest BCUT2D eigenvalue weighted by atomic mass is 32.1. The first-order valence-corrected chi connectivity index (χ1v) is 15.4. The number of carboxylic acids is 1. The quantitative estimate of drug-likeness (QED) is 0.496. The lowest BCUT2D eigenvalue weighted by Crippen LogP contribution is -2.83. The summed E-state index contributed by atoms with van der Waals surface area (Å²) in [5.74, 6) is -1.02. The van der Waals surface area contributed by atoms with Crippen molar-refractivity contribution in [3.05, 3.63) is 63.0 Å². The summed E-state index contributed by atoms with van der Waals surface area (Å²) in [5, 5.41) is 16.1. The first-order chi connectivity index (χ1) is 20.5. The first-order valence-electron chi connectivity index (χ1n) is 14.5. The fourth-order valence-electron chi connectivity index (χ4n) is 7.76. The van der Waals surface area contributed by atoms with Gasteiger partial charge in [-0.15, -0.1) is 11.3 Å². The summed E-state index contributed by atoms with van der Waals surface area (Å²) in [6.07, 6.45) is 4.14. The molecule has 13 heteroatoms. The molecule has 1 aromatic carbocycles. The van der Waals surface area contributed by atoms with Gasteiger partial charge in [-0.2, -0.15) is 0 Å². The molecule has 2 aromatic rings. The number of rotatable bonds is 7. The van der Waals surface area contributed by atoms with Crippen molar-refractivity contribution < 1.29 is 23.9 Å². The second-order valence-corrected chi connectivity index (χ2v) is 13.4. The van der Waals surface area contributed by atoms with Gasteiger partial charge in [0, 0.05) is 69.5 Å². The van der Waals surface area contributed by atoms with Gasteiger partial charge in [0.1, 0.15) is 11.9 Å². The molecule has 2 unspecified atom stereocenters. The fraction of sp³-hybridized carbons (Fsp3) is 0.500. The zero-order valence-electron chi connectivity index (χ0n) is 24.3. The summed E-state index contributed by atoms with van der Waals surface area (Å²) < 4.78 is 14.6. The Morgan fingerprint density at radius 3 is 2.67 bits per heavy atom. The largest absolute Gasteiger partial charge is 0.478 e. The molecule has 11 nitrogen and oxygen atoms in total. The van der Waals surface area contributed by atoms with Gasteiger partial charge < -0.3 is 25.1 Å². The van der Waals surface area contributed by atoms with Crippen LogP contribution in [0.2, 0.25) is 0 Å². The van der Waals surface area contributed by atoms with Crippen LogP contribution in [0.3, 0.4) is 0 Å². The molecule has 8 rings (SSSR count). The standard InChI is InChI=1S/C30H34FN7O4S/c1-17-20(5-4-6-21(17)31)24-23(27(40)41)22(33-25(34-24)26-32-7-10-43-26)13-36-8-9-37-19(11-36)12-38(28(37)42)30-14-29(15-30,16-30)35(3)18(2)39/h4-7,10,19,24H,8-9,11-16H2,1-3H3,(H,33,34)(H,40,41). The van der Waals surface area contributed by atoms with Gasteiger partial charge >= 0.3 is 12.0 Å². The molecular formula is C30H34FN7O4S. The van der Waals surface area contributed by atoms with E-state index in [-0.39, 0.29) is 34.6 Å². The van der Waals surface area contributed by atoms with Crippen LogP contribution in [0, 0.1) is 12.7 Å². The zero-order chi connectivity index (χ0) is 30.3. The van der Waals surface area contributed by atoms with E-state index in [4.69, 9.17) is 4.99 Å². The maximum atomic E-state index is 14.6. The van der Waals surface area contributed by atoms with Crippen molar-refractivity contribution in [2.45, 2.75) is 56.3 Å². The lowest BCUT2D eigenvalue weighted by atomic mass is 9.42. The van der Waals surface area contributed by atoms with Crippen LogP contribution in [0.5, 0.6) is 0 Å². The van der Waals surface area contributed by atoms with E-state index in [0.29, 0.717) is 60.4 Å². The van der Waals surface area contributed by atoms with E-state index >= 15 is 0 Å². The van der Waals surface area contributed by atoms with E-state index in [1.807, 2.05) is 27.1 Å². The molecule has 43 heavy (non-hydrogen) atoms. The van der Waals surface area contributed by atoms with Gasteiger partial charge in [-0.25, -0.2) is 19.0 Å². The third kappa shape index (κ3) is 4.27. The van der Waals surface area contributed by atoms with Crippen LogP contribution in [0.4, 0.5) is 9.18 Å². The maximum Gasteiger partial charge on any atom is 0.335 e. The number of benzene rings is 1. The molecule has 6 aliphatic rings. The van der Waals surface area contributed by atoms with Crippen LogP contribution < -0.4 is 5.32 Å². The van der Waals surface area contributed by atoms with Crippen molar-refractivity contribution in [3.63, 3.8) is 0 Å². The van der Waals surface area contributed by atoms with Crippen molar-refractivity contribution in [1.82, 2.24) is 29.9 Å². The minimum atomic E-state index is -1.12. The predicted molar refractivity (Wildman–Crippen MR) is 157 cm³/mol. The Morgan fingerprint density at radius 2 is 2.00 bits per heavy atom. The number of aliphatic carboxylic acids is 1. The van der Waals surface area contributed by atoms with Gasteiger partial charge in [0.15, 0.2) is 10.8 Å². The average molecular weight is 608 g/mol. The number of fused-ring (bicyclic) bond motifs is 1. The summed E-state index contributed by atoms with van der Waals surface area (Å²) in [4.78, 5) is 55.3. The number of aliphatic imine (C=N–C) groups is 1. The molecule has 3 saturated carbocycles. The number of halogens is 1. The molecular weight excluding hydrogens is 573 g/mol. The Morgan fingerprint density at radius 1 is 1.23 bits per heavy atom. The second kappa shape index (κ2) is 9.84. The van der Waals surface area contributed by atoms with Crippen LogP contribution in [0.15, 0.2) is 46.0 Å².